The maximum Gasteiger partial charge on any atom is 0.355 e. The van der Waals surface area contributed by atoms with Crippen molar-refractivity contribution in [3.8, 4) is 0 Å². The molecule has 9 nitrogen and oxygen atoms in total. The van der Waals surface area contributed by atoms with Crippen LogP contribution in [-0.2, 0) is 23.9 Å². The van der Waals surface area contributed by atoms with Crippen LogP contribution < -0.4 is 0 Å². The van der Waals surface area contributed by atoms with E-state index >= 15 is 0 Å². The molecule has 0 N–H and O–H groups in total. The Labute approximate surface area is 146 Å². The second-order valence-electron chi connectivity index (χ2n) is 6.42. The normalized spacial score (nSPS) is 28.8. The van der Waals surface area contributed by atoms with Crippen molar-refractivity contribution in [2.24, 2.45) is 5.11 Å². The molecule has 1 saturated heterocycles. The molecule has 1 amide bonds. The Morgan fingerprint density at radius 3 is 2.54 bits per heavy atom. The average Bonchev–Trinajstić information content (AvgIpc) is 2.44. The summed E-state index contributed by atoms with van der Waals surface area (Å²) in [5.74, 6) is -1.75. The number of nitrogens with zero attached hydrogens (tertiary/aromatic N) is 4. The van der Waals surface area contributed by atoms with Gasteiger partial charge in [-0.2, -0.15) is 0 Å². The number of hydrogen-bond acceptors (Lipinski definition) is 6. The van der Waals surface area contributed by atoms with Crippen LogP contribution >= 0.6 is 15.9 Å². The Bertz CT molecular complexity index is 665. The fourth-order valence-corrected chi connectivity index (χ4v) is 3.36. The molecule has 0 spiro atoms. The molecule has 0 radical (unpaired) electrons. The lowest BCUT2D eigenvalue weighted by atomic mass is 9.85. The maximum atomic E-state index is 12.4. The molecule has 0 bridgehead atoms. The zero-order chi connectivity index (χ0) is 18.2. The summed E-state index contributed by atoms with van der Waals surface area (Å²) in [7, 11) is 0. The SMILES string of the molecule is CC(=O)O[C@@H]1C=C(C(=O)OC(C)(C)C)N2C(=O)[C@@H](N=[N+]=[N-])[C@H]2[C@H]1Br. The van der Waals surface area contributed by atoms with Crippen molar-refractivity contribution in [3.05, 3.63) is 22.2 Å². The lowest BCUT2D eigenvalue weighted by Gasteiger charge is -2.51. The van der Waals surface area contributed by atoms with E-state index in [-0.39, 0.29) is 5.70 Å². The first kappa shape index (κ1) is 18.3. The number of azide groups is 1. The van der Waals surface area contributed by atoms with E-state index in [1.807, 2.05) is 0 Å². The molecule has 0 unspecified atom stereocenters. The van der Waals surface area contributed by atoms with E-state index in [4.69, 9.17) is 15.0 Å². The number of fused-ring (bicyclic) bond motifs is 1. The molecule has 0 aromatic heterocycles. The van der Waals surface area contributed by atoms with Gasteiger partial charge < -0.3 is 14.4 Å². The van der Waals surface area contributed by atoms with Crippen LogP contribution in [0.25, 0.3) is 10.4 Å². The van der Waals surface area contributed by atoms with Crippen LogP contribution in [0.2, 0.25) is 0 Å². The Hall–Kier alpha value is -2.06. The minimum atomic E-state index is -0.969. The average molecular weight is 401 g/mol. The van der Waals surface area contributed by atoms with Gasteiger partial charge in [-0.05, 0) is 32.4 Å². The molecule has 2 aliphatic rings. The van der Waals surface area contributed by atoms with Gasteiger partial charge in [0.25, 0.3) is 0 Å². The van der Waals surface area contributed by atoms with Crippen molar-refractivity contribution in [2.45, 2.75) is 56.3 Å². The van der Waals surface area contributed by atoms with Crippen LogP contribution in [0.4, 0.5) is 0 Å². The Morgan fingerprint density at radius 1 is 1.42 bits per heavy atom. The topological polar surface area (TPSA) is 122 Å². The summed E-state index contributed by atoms with van der Waals surface area (Å²) in [5, 5.41) is 3.47. The molecule has 2 heterocycles. The highest BCUT2D eigenvalue weighted by Gasteiger charge is 2.57. The smallest absolute Gasteiger partial charge is 0.355 e. The highest BCUT2D eigenvalue weighted by Crippen LogP contribution is 2.40. The monoisotopic (exact) mass is 400 g/mol. The van der Waals surface area contributed by atoms with Crippen LogP contribution in [0.3, 0.4) is 0 Å². The number of hydrogen-bond donors (Lipinski definition) is 0. The first-order valence-corrected chi connectivity index (χ1v) is 8.12. The molecule has 2 rings (SSSR count). The Kier molecular flexibility index (Phi) is 4.91. The summed E-state index contributed by atoms with van der Waals surface area (Å²) in [6.45, 7) is 6.33. The third-order valence-electron chi connectivity index (χ3n) is 3.42. The van der Waals surface area contributed by atoms with Crippen LogP contribution in [0.5, 0.6) is 0 Å². The zero-order valence-corrected chi connectivity index (χ0v) is 15.2. The molecule has 0 saturated carbocycles. The van der Waals surface area contributed by atoms with Gasteiger partial charge >= 0.3 is 11.9 Å². The molecule has 0 aromatic carbocycles. The van der Waals surface area contributed by atoms with Gasteiger partial charge in [0.1, 0.15) is 23.4 Å². The minimum Gasteiger partial charge on any atom is -0.457 e. The number of halogens is 1. The lowest BCUT2D eigenvalue weighted by molar-refractivity contribution is -0.163. The number of ether oxygens (including phenoxy) is 2. The van der Waals surface area contributed by atoms with Crippen LogP contribution in [0.15, 0.2) is 16.9 Å². The van der Waals surface area contributed by atoms with Crippen molar-refractivity contribution in [3.63, 3.8) is 0 Å². The highest BCUT2D eigenvalue weighted by molar-refractivity contribution is 9.09. The van der Waals surface area contributed by atoms with Gasteiger partial charge in [0, 0.05) is 11.8 Å². The molecule has 2 aliphatic heterocycles. The molecule has 0 aliphatic carbocycles. The van der Waals surface area contributed by atoms with Gasteiger partial charge in [0.15, 0.2) is 0 Å². The van der Waals surface area contributed by atoms with E-state index in [9.17, 15) is 14.4 Å². The van der Waals surface area contributed by atoms with Gasteiger partial charge in [-0.15, -0.1) is 0 Å². The Balaban J connectivity index is 2.39. The molecule has 0 aromatic rings. The minimum absolute atomic E-state index is 0.0220. The fourth-order valence-electron chi connectivity index (χ4n) is 2.57. The van der Waals surface area contributed by atoms with Crippen LogP contribution in [0, 0.1) is 0 Å². The zero-order valence-electron chi connectivity index (χ0n) is 13.6. The van der Waals surface area contributed by atoms with E-state index < -0.39 is 46.5 Å². The van der Waals surface area contributed by atoms with E-state index in [1.165, 1.54) is 17.9 Å². The molecule has 4 atom stereocenters. The fraction of sp³-hybridized carbons (Fsp3) is 0.643. The van der Waals surface area contributed by atoms with Crippen molar-refractivity contribution in [1.29, 1.82) is 0 Å². The second kappa shape index (κ2) is 6.45. The van der Waals surface area contributed by atoms with Crippen molar-refractivity contribution in [1.82, 2.24) is 4.90 Å². The van der Waals surface area contributed by atoms with Gasteiger partial charge in [-0.25, -0.2) is 4.79 Å². The predicted octanol–water partition coefficient (Wildman–Crippen LogP) is 1.81. The summed E-state index contributed by atoms with van der Waals surface area (Å²) in [6, 6.07) is -1.60. The van der Waals surface area contributed by atoms with E-state index in [0.29, 0.717) is 0 Å². The number of amides is 1. The third-order valence-corrected chi connectivity index (χ3v) is 4.48. The third kappa shape index (κ3) is 3.39. The first-order chi connectivity index (χ1) is 11.1. The maximum absolute atomic E-state index is 12.4. The Morgan fingerprint density at radius 2 is 2.04 bits per heavy atom. The number of carbonyl (C=O) groups excluding carboxylic acids is 3. The molecule has 24 heavy (non-hydrogen) atoms. The summed E-state index contributed by atoms with van der Waals surface area (Å²) < 4.78 is 10.5. The van der Waals surface area contributed by atoms with E-state index in [2.05, 4.69) is 26.0 Å². The lowest BCUT2D eigenvalue weighted by Crippen LogP contribution is -2.70. The number of esters is 2. The van der Waals surface area contributed by atoms with Crippen molar-refractivity contribution >= 4 is 33.8 Å². The van der Waals surface area contributed by atoms with Gasteiger partial charge in [-0.1, -0.05) is 21.0 Å². The van der Waals surface area contributed by atoms with Crippen LogP contribution in [0.1, 0.15) is 27.7 Å². The summed E-state index contributed by atoms with van der Waals surface area (Å²) in [6.07, 6.45) is 0.575. The quantitative estimate of drug-likeness (QED) is 0.178. The van der Waals surface area contributed by atoms with Crippen molar-refractivity contribution < 1.29 is 23.9 Å². The van der Waals surface area contributed by atoms with E-state index in [1.54, 1.807) is 20.8 Å². The summed E-state index contributed by atoms with van der Waals surface area (Å²) >= 11 is 3.37. The van der Waals surface area contributed by atoms with E-state index in [0.717, 1.165) is 0 Å². The molecular weight excluding hydrogens is 384 g/mol. The standard InChI is InChI=1S/C14H17BrN4O5/c1-6(20)23-8-5-7(13(22)24-14(2,3)4)19-11(9(8)15)10(12(19)21)17-18-16/h5,8-11H,1-4H3/t8-,9+,10+,11-/m1/s1. The predicted molar refractivity (Wildman–Crippen MR) is 85.8 cm³/mol. The first-order valence-electron chi connectivity index (χ1n) is 7.20. The second-order valence-corrected chi connectivity index (χ2v) is 7.48. The molecule has 130 valence electrons. The molecular formula is C14H17BrN4O5. The van der Waals surface area contributed by atoms with Crippen molar-refractivity contribution in [2.75, 3.05) is 0 Å². The van der Waals surface area contributed by atoms with Gasteiger partial charge in [-0.3, -0.25) is 9.59 Å². The number of carbonyl (C=O) groups is 3. The number of rotatable bonds is 3. The number of alkyl halides is 1. The summed E-state index contributed by atoms with van der Waals surface area (Å²) in [5.41, 5.74) is 7.84. The van der Waals surface area contributed by atoms with Crippen LogP contribution in [-0.4, -0.2) is 51.4 Å². The molecule has 10 heteroatoms. The number of β-lactam (4-membered cyclic amide) rings is 1. The largest absolute Gasteiger partial charge is 0.457 e. The summed E-state index contributed by atoms with van der Waals surface area (Å²) in [4.78, 5) is 39.3. The highest BCUT2D eigenvalue weighted by atomic mass is 79.9. The molecule has 1 fully saturated rings. The van der Waals surface area contributed by atoms with Gasteiger partial charge in [0.05, 0.1) is 10.9 Å². The van der Waals surface area contributed by atoms with Gasteiger partial charge in [0.2, 0.25) is 5.91 Å².